The van der Waals surface area contributed by atoms with E-state index < -0.39 is 0 Å². The van der Waals surface area contributed by atoms with Gasteiger partial charge in [0.1, 0.15) is 0 Å². The molecule has 2 atom stereocenters. The van der Waals surface area contributed by atoms with E-state index >= 15 is 0 Å². The molecule has 0 bridgehead atoms. The Morgan fingerprint density at radius 2 is 1.82 bits per heavy atom. The van der Waals surface area contributed by atoms with E-state index in [0.717, 1.165) is 26.2 Å². The first kappa shape index (κ1) is 14.3. The quantitative estimate of drug-likeness (QED) is 0.804. The minimum Gasteiger partial charge on any atom is -0.373 e. The Bertz CT molecular complexity index is 234. The van der Waals surface area contributed by atoms with Crippen LogP contribution in [0.1, 0.15) is 27.7 Å². The smallest absolute Gasteiger partial charge is 0.318 e. The third kappa shape index (κ3) is 4.52. The number of urea groups is 1. The molecule has 2 unspecified atom stereocenters. The average Bonchev–Trinajstić information content (AvgIpc) is 2.27. The zero-order valence-corrected chi connectivity index (χ0v) is 11.4. The largest absolute Gasteiger partial charge is 0.373 e. The Balaban J connectivity index is 2.32. The first-order valence-corrected chi connectivity index (χ1v) is 6.47. The molecule has 2 amide bonds. The second-order valence-corrected chi connectivity index (χ2v) is 4.61. The van der Waals surface area contributed by atoms with Gasteiger partial charge in [-0.15, -0.1) is 0 Å². The topological polar surface area (TPSA) is 44.8 Å². The summed E-state index contributed by atoms with van der Waals surface area (Å²) in [5.74, 6) is 0. The van der Waals surface area contributed by atoms with E-state index in [2.05, 4.69) is 24.1 Å². The number of nitrogens with zero attached hydrogens (tertiary/aromatic N) is 2. The number of morpholine rings is 1. The van der Waals surface area contributed by atoms with Gasteiger partial charge >= 0.3 is 6.03 Å². The van der Waals surface area contributed by atoms with Crippen LogP contribution >= 0.6 is 0 Å². The SMILES string of the molecule is CCN(CC)C(=O)NCN1CC(C)OC(C)C1. The summed E-state index contributed by atoms with van der Waals surface area (Å²) in [6, 6.07) is 0.0156. The molecule has 0 aromatic rings. The third-order valence-electron chi connectivity index (χ3n) is 3.00. The highest BCUT2D eigenvalue weighted by atomic mass is 16.5. The molecule has 1 N–H and O–H groups in total. The molecule has 0 spiro atoms. The van der Waals surface area contributed by atoms with Crippen molar-refractivity contribution in [3.05, 3.63) is 0 Å². The summed E-state index contributed by atoms with van der Waals surface area (Å²) in [5.41, 5.74) is 0. The number of amides is 2. The van der Waals surface area contributed by atoms with Gasteiger partial charge in [-0.3, -0.25) is 4.90 Å². The molecule has 0 aromatic carbocycles. The second kappa shape index (κ2) is 6.81. The van der Waals surface area contributed by atoms with Gasteiger partial charge in [0.15, 0.2) is 0 Å². The lowest BCUT2D eigenvalue weighted by Crippen LogP contribution is -2.51. The van der Waals surface area contributed by atoms with Crippen LogP contribution in [-0.2, 0) is 4.74 Å². The maximum absolute atomic E-state index is 11.8. The van der Waals surface area contributed by atoms with Crippen LogP contribution in [0.3, 0.4) is 0 Å². The number of nitrogens with one attached hydrogen (secondary N) is 1. The normalized spacial score (nSPS) is 25.6. The number of rotatable bonds is 4. The Kier molecular flexibility index (Phi) is 5.71. The first-order chi connectivity index (χ1) is 8.06. The van der Waals surface area contributed by atoms with Crippen LogP contribution in [-0.4, -0.2) is 60.9 Å². The molecule has 5 nitrogen and oxygen atoms in total. The molecule has 0 radical (unpaired) electrons. The van der Waals surface area contributed by atoms with Crippen LogP contribution in [0, 0.1) is 0 Å². The number of carbonyl (C=O) groups is 1. The van der Waals surface area contributed by atoms with E-state index in [4.69, 9.17) is 4.74 Å². The molecule has 5 heteroatoms. The molecule has 0 aliphatic carbocycles. The van der Waals surface area contributed by atoms with Crippen molar-refractivity contribution < 1.29 is 9.53 Å². The van der Waals surface area contributed by atoms with E-state index in [1.54, 1.807) is 4.90 Å². The minimum atomic E-state index is 0.0156. The summed E-state index contributed by atoms with van der Waals surface area (Å²) in [6.07, 6.45) is 0.480. The molecular weight excluding hydrogens is 218 g/mol. The molecule has 1 heterocycles. The van der Waals surface area contributed by atoms with Gasteiger partial charge in [-0.25, -0.2) is 4.79 Å². The van der Waals surface area contributed by atoms with Crippen molar-refractivity contribution in [2.75, 3.05) is 32.8 Å². The summed E-state index contributed by atoms with van der Waals surface area (Å²) in [6.45, 7) is 12.0. The van der Waals surface area contributed by atoms with E-state index in [1.807, 2.05) is 13.8 Å². The molecule has 0 saturated carbocycles. The lowest BCUT2D eigenvalue weighted by atomic mass is 10.2. The van der Waals surface area contributed by atoms with Crippen molar-refractivity contribution >= 4 is 6.03 Å². The Morgan fingerprint density at radius 3 is 2.29 bits per heavy atom. The summed E-state index contributed by atoms with van der Waals surface area (Å²) >= 11 is 0. The van der Waals surface area contributed by atoms with Gasteiger partial charge in [-0.1, -0.05) is 0 Å². The maximum atomic E-state index is 11.8. The van der Waals surface area contributed by atoms with Gasteiger partial charge in [0.05, 0.1) is 18.9 Å². The number of carbonyl (C=O) groups excluding carboxylic acids is 1. The van der Waals surface area contributed by atoms with Gasteiger partial charge < -0.3 is 15.0 Å². The molecule has 100 valence electrons. The fraction of sp³-hybridized carbons (Fsp3) is 0.917. The zero-order chi connectivity index (χ0) is 12.8. The van der Waals surface area contributed by atoms with Crippen LogP contribution in [0.5, 0.6) is 0 Å². The molecule has 17 heavy (non-hydrogen) atoms. The number of ether oxygens (including phenoxy) is 1. The predicted molar refractivity (Wildman–Crippen MR) is 67.9 cm³/mol. The minimum absolute atomic E-state index is 0.0156. The van der Waals surface area contributed by atoms with Crippen molar-refractivity contribution in [2.45, 2.75) is 39.9 Å². The van der Waals surface area contributed by atoms with E-state index in [-0.39, 0.29) is 18.2 Å². The van der Waals surface area contributed by atoms with E-state index in [9.17, 15) is 4.79 Å². The molecule has 1 fully saturated rings. The highest BCUT2D eigenvalue weighted by molar-refractivity contribution is 5.73. The molecule has 1 aliphatic rings. The van der Waals surface area contributed by atoms with Crippen molar-refractivity contribution in [2.24, 2.45) is 0 Å². The van der Waals surface area contributed by atoms with Crippen LogP contribution < -0.4 is 5.32 Å². The first-order valence-electron chi connectivity index (χ1n) is 6.47. The second-order valence-electron chi connectivity index (χ2n) is 4.61. The van der Waals surface area contributed by atoms with Crippen LogP contribution in [0.2, 0.25) is 0 Å². The van der Waals surface area contributed by atoms with Crippen molar-refractivity contribution in [3.8, 4) is 0 Å². The van der Waals surface area contributed by atoms with Gasteiger partial charge in [0.2, 0.25) is 0 Å². The van der Waals surface area contributed by atoms with E-state index in [1.165, 1.54) is 0 Å². The lowest BCUT2D eigenvalue weighted by Gasteiger charge is -2.35. The molecule has 1 rings (SSSR count). The van der Waals surface area contributed by atoms with Crippen molar-refractivity contribution in [1.82, 2.24) is 15.1 Å². The van der Waals surface area contributed by atoms with Gasteiger partial charge in [0.25, 0.3) is 0 Å². The highest BCUT2D eigenvalue weighted by Gasteiger charge is 2.22. The third-order valence-corrected chi connectivity index (χ3v) is 3.00. The van der Waals surface area contributed by atoms with Crippen LogP contribution in [0.25, 0.3) is 0 Å². The molecule has 1 aliphatic heterocycles. The summed E-state index contributed by atoms with van der Waals surface area (Å²) in [5, 5.41) is 2.95. The summed E-state index contributed by atoms with van der Waals surface area (Å²) < 4.78 is 5.65. The monoisotopic (exact) mass is 243 g/mol. The Labute approximate surface area is 104 Å². The van der Waals surface area contributed by atoms with Gasteiger partial charge in [-0.05, 0) is 27.7 Å². The van der Waals surface area contributed by atoms with Crippen LogP contribution in [0.15, 0.2) is 0 Å². The predicted octanol–water partition coefficient (Wildman–Crippen LogP) is 1.10. The highest BCUT2D eigenvalue weighted by Crippen LogP contribution is 2.09. The summed E-state index contributed by atoms with van der Waals surface area (Å²) in [7, 11) is 0. The summed E-state index contributed by atoms with van der Waals surface area (Å²) in [4.78, 5) is 15.8. The van der Waals surface area contributed by atoms with Gasteiger partial charge in [-0.2, -0.15) is 0 Å². The standard InChI is InChI=1S/C12H25N3O2/c1-5-15(6-2)12(16)13-9-14-7-10(3)17-11(4)8-14/h10-11H,5-9H2,1-4H3,(H,13,16). The molecule has 1 saturated heterocycles. The van der Waals surface area contributed by atoms with Crippen molar-refractivity contribution in [3.63, 3.8) is 0 Å². The van der Waals surface area contributed by atoms with Gasteiger partial charge in [0, 0.05) is 26.2 Å². The number of hydrogen-bond acceptors (Lipinski definition) is 3. The average molecular weight is 243 g/mol. The fourth-order valence-corrected chi connectivity index (χ4v) is 2.22. The number of hydrogen-bond donors (Lipinski definition) is 1. The molecular formula is C12H25N3O2. The van der Waals surface area contributed by atoms with E-state index in [0.29, 0.717) is 6.67 Å². The fourth-order valence-electron chi connectivity index (χ4n) is 2.22. The zero-order valence-electron chi connectivity index (χ0n) is 11.4. The van der Waals surface area contributed by atoms with Crippen LogP contribution in [0.4, 0.5) is 4.79 Å². The van der Waals surface area contributed by atoms with Crippen molar-refractivity contribution in [1.29, 1.82) is 0 Å². The molecule has 0 aromatic heterocycles. The Hall–Kier alpha value is -0.810. The lowest BCUT2D eigenvalue weighted by molar-refractivity contribution is -0.0691. The maximum Gasteiger partial charge on any atom is 0.318 e. The Morgan fingerprint density at radius 1 is 1.29 bits per heavy atom.